The van der Waals surface area contributed by atoms with Gasteiger partial charge in [-0.1, -0.05) is 55.0 Å². The lowest BCUT2D eigenvalue weighted by atomic mass is 9.16. The second-order valence-electron chi connectivity index (χ2n) is 10.9. The molecule has 0 radical (unpaired) electrons. The Hall–Kier alpha value is -4.24. The highest BCUT2D eigenvalue weighted by atomic mass is 19.2. The van der Waals surface area contributed by atoms with E-state index in [0.29, 0.717) is 31.5 Å². The van der Waals surface area contributed by atoms with Gasteiger partial charge in [-0.25, -0.2) is 43.9 Å². The number of hydrogen-bond donors (Lipinski definition) is 0. The fourth-order valence-electron chi connectivity index (χ4n) is 6.16. The van der Waals surface area contributed by atoms with Crippen LogP contribution in [-0.4, -0.2) is 24.1 Å². The van der Waals surface area contributed by atoms with E-state index < -0.39 is 87.6 Å². The molecule has 0 unspecified atom stereocenters. The Morgan fingerprint density at radius 1 is 0.533 bits per heavy atom. The number of piperidine rings is 1. The molecule has 4 aromatic carbocycles. The van der Waals surface area contributed by atoms with Gasteiger partial charge in [-0.2, -0.15) is 0 Å². The van der Waals surface area contributed by atoms with E-state index in [1.54, 1.807) is 41.3 Å². The van der Waals surface area contributed by atoms with Crippen LogP contribution in [0.5, 0.6) is 0 Å². The van der Waals surface area contributed by atoms with Gasteiger partial charge < -0.3 is 0 Å². The normalized spacial score (nSPS) is 14.6. The predicted octanol–water partition coefficient (Wildman–Crippen LogP) is 7.46. The molecule has 1 atom stereocenters. The molecule has 234 valence electrons. The SMILES string of the molecule is Fc1c(F)c(F)c([B-](C#Cc2ccccc2)(C[C@@H](c2ccccc2)N2CCCCC2)c2c(F)c(F)c(F)c(F)c2F)c(F)c1F. The monoisotopic (exact) mass is 634 g/mol. The molecule has 4 aromatic rings. The van der Waals surface area contributed by atoms with Gasteiger partial charge in [0.25, 0.3) is 0 Å². The topological polar surface area (TPSA) is 3.24 Å². The van der Waals surface area contributed by atoms with Gasteiger partial charge in [0.2, 0.25) is 0 Å². The van der Waals surface area contributed by atoms with E-state index in [1.807, 2.05) is 0 Å². The minimum Gasteiger partial charge on any atom is -0.299 e. The zero-order valence-electron chi connectivity index (χ0n) is 23.4. The highest BCUT2D eigenvalue weighted by Crippen LogP contribution is 2.35. The van der Waals surface area contributed by atoms with Crippen LogP contribution in [0, 0.1) is 69.9 Å². The first-order chi connectivity index (χ1) is 21.5. The van der Waals surface area contributed by atoms with Crippen LogP contribution in [0.2, 0.25) is 6.32 Å². The second-order valence-corrected chi connectivity index (χ2v) is 10.9. The Morgan fingerprint density at radius 2 is 0.933 bits per heavy atom. The lowest BCUT2D eigenvalue weighted by Crippen LogP contribution is -2.64. The van der Waals surface area contributed by atoms with E-state index in [-0.39, 0.29) is 5.56 Å². The molecule has 0 N–H and O–H groups in total. The van der Waals surface area contributed by atoms with Crippen molar-refractivity contribution in [2.24, 2.45) is 0 Å². The molecule has 45 heavy (non-hydrogen) atoms. The molecule has 0 saturated carbocycles. The minimum atomic E-state index is -4.35. The molecular formula is C33H23BF10N-. The Labute approximate surface area is 252 Å². The molecule has 1 nitrogen and oxygen atoms in total. The number of rotatable bonds is 6. The summed E-state index contributed by atoms with van der Waals surface area (Å²) in [5, 5.41) is 0. The molecule has 0 bridgehead atoms. The molecule has 12 heteroatoms. The predicted molar refractivity (Wildman–Crippen MR) is 150 cm³/mol. The number of benzene rings is 4. The molecule has 5 rings (SSSR count). The van der Waals surface area contributed by atoms with E-state index >= 15 is 17.6 Å². The molecule has 1 fully saturated rings. The number of likely N-dealkylation sites (tertiary alicyclic amines) is 1. The van der Waals surface area contributed by atoms with Crippen molar-refractivity contribution in [3.63, 3.8) is 0 Å². The second kappa shape index (κ2) is 13.0. The summed E-state index contributed by atoms with van der Waals surface area (Å²) in [4.78, 5) is 1.78. The van der Waals surface area contributed by atoms with Gasteiger partial charge in [0.1, 0.15) is 29.4 Å². The number of hydrogen-bond acceptors (Lipinski definition) is 1. The van der Waals surface area contributed by atoms with Crippen LogP contribution >= 0.6 is 0 Å². The third-order valence-corrected chi connectivity index (χ3v) is 8.30. The van der Waals surface area contributed by atoms with Gasteiger partial charge in [-0.15, -0.1) is 23.2 Å². The molecule has 0 spiro atoms. The maximum atomic E-state index is 15.9. The molecule has 1 heterocycles. The van der Waals surface area contributed by atoms with Gasteiger partial charge in [0.05, 0.1) is 0 Å². The summed E-state index contributed by atoms with van der Waals surface area (Å²) >= 11 is 0. The van der Waals surface area contributed by atoms with E-state index in [1.165, 1.54) is 24.3 Å². The summed E-state index contributed by atoms with van der Waals surface area (Å²) in [7, 11) is 0. The fraction of sp³-hybridized carbons (Fsp3) is 0.212. The van der Waals surface area contributed by atoms with Crippen molar-refractivity contribution in [2.75, 3.05) is 13.1 Å². The van der Waals surface area contributed by atoms with E-state index in [4.69, 9.17) is 0 Å². The summed E-state index contributed by atoms with van der Waals surface area (Å²) in [6, 6.07) is 14.2. The third kappa shape index (κ3) is 5.81. The van der Waals surface area contributed by atoms with Gasteiger partial charge in [0, 0.05) is 11.6 Å². The van der Waals surface area contributed by atoms with Crippen molar-refractivity contribution in [3.8, 4) is 11.7 Å². The molecular weight excluding hydrogens is 611 g/mol. The summed E-state index contributed by atoms with van der Waals surface area (Å²) in [5.74, 6) is -20.2. The summed E-state index contributed by atoms with van der Waals surface area (Å²) in [6.07, 6.45) is -3.19. The minimum absolute atomic E-state index is 0.0747. The average molecular weight is 634 g/mol. The molecule has 0 aliphatic carbocycles. The van der Waals surface area contributed by atoms with Gasteiger partial charge in [-0.3, -0.25) is 10.7 Å². The van der Waals surface area contributed by atoms with Crippen molar-refractivity contribution in [1.82, 2.24) is 4.90 Å². The van der Waals surface area contributed by atoms with Gasteiger partial charge in [0.15, 0.2) is 34.9 Å². The number of halogens is 10. The van der Waals surface area contributed by atoms with E-state index in [2.05, 4.69) is 11.7 Å². The Bertz CT molecular complexity index is 1650. The van der Waals surface area contributed by atoms with Crippen molar-refractivity contribution < 1.29 is 43.9 Å². The Balaban J connectivity index is 1.97. The van der Waals surface area contributed by atoms with E-state index in [9.17, 15) is 26.3 Å². The largest absolute Gasteiger partial charge is 0.299 e. The first-order valence-corrected chi connectivity index (χ1v) is 14.1. The summed E-state index contributed by atoms with van der Waals surface area (Å²) in [6.45, 7) is 0.706. The quantitative estimate of drug-likeness (QED) is 0.0701. The van der Waals surface area contributed by atoms with Crippen LogP contribution in [0.4, 0.5) is 43.9 Å². The average Bonchev–Trinajstić information content (AvgIpc) is 3.07. The van der Waals surface area contributed by atoms with Crippen LogP contribution in [0.3, 0.4) is 0 Å². The molecule has 1 saturated heterocycles. The lowest BCUT2D eigenvalue weighted by Gasteiger charge is -2.45. The first kappa shape index (κ1) is 32.2. The van der Waals surface area contributed by atoms with Crippen LogP contribution in [0.25, 0.3) is 0 Å². The molecule has 0 amide bonds. The standard InChI is InChI=1S/C33H23BF10N/c35-24-22(25(36)29(40)32(43)28(24)39)34(15-14-19-10-4-1-5-11-19,23-26(37)30(41)33(44)31(42)27(23)38)18-21(20-12-6-2-7-13-20)45-16-8-3-9-17-45/h1-2,4-7,10-13,21H,3,8-9,16-18H2/q-1/t21-/m0/s1. The fourth-order valence-corrected chi connectivity index (χ4v) is 6.16. The maximum Gasteiger partial charge on any atom is 0.200 e. The van der Waals surface area contributed by atoms with Crippen molar-refractivity contribution in [2.45, 2.75) is 31.6 Å². The zero-order chi connectivity index (χ0) is 32.5. The highest BCUT2D eigenvalue weighted by molar-refractivity contribution is 7.08. The molecule has 0 aromatic heterocycles. The number of nitrogens with zero attached hydrogens (tertiary/aromatic N) is 1. The smallest absolute Gasteiger partial charge is 0.200 e. The molecule has 1 aliphatic heterocycles. The van der Waals surface area contributed by atoms with Crippen LogP contribution in [0.15, 0.2) is 60.7 Å². The highest BCUT2D eigenvalue weighted by Gasteiger charge is 2.44. The van der Waals surface area contributed by atoms with Crippen molar-refractivity contribution in [3.05, 3.63) is 130 Å². The first-order valence-electron chi connectivity index (χ1n) is 14.1. The van der Waals surface area contributed by atoms with E-state index in [0.717, 1.165) is 6.42 Å². The maximum absolute atomic E-state index is 15.9. The van der Waals surface area contributed by atoms with Crippen molar-refractivity contribution in [1.29, 1.82) is 0 Å². The van der Waals surface area contributed by atoms with Gasteiger partial charge in [-0.05, 0) is 43.6 Å². The van der Waals surface area contributed by atoms with Crippen LogP contribution in [0.1, 0.15) is 36.4 Å². The summed E-state index contributed by atoms with van der Waals surface area (Å²) < 4.78 is 151. The van der Waals surface area contributed by atoms with Crippen LogP contribution in [-0.2, 0) is 0 Å². The molecule has 1 aliphatic rings. The van der Waals surface area contributed by atoms with Crippen LogP contribution < -0.4 is 10.9 Å². The Kier molecular flexibility index (Phi) is 9.30. The van der Waals surface area contributed by atoms with Gasteiger partial charge >= 0.3 is 0 Å². The summed E-state index contributed by atoms with van der Waals surface area (Å²) in [5.41, 5.74) is -3.09. The van der Waals surface area contributed by atoms with Crippen molar-refractivity contribution >= 4 is 17.1 Å². The third-order valence-electron chi connectivity index (χ3n) is 8.30. The zero-order valence-corrected chi connectivity index (χ0v) is 23.4. The lowest BCUT2D eigenvalue weighted by molar-refractivity contribution is 0.174. The Morgan fingerprint density at radius 3 is 1.38 bits per heavy atom.